The SMILES string of the molecule is COc1ccc(C(C)=O)cc1COC(=O)C12CC3CC(CC(Br)(C3)C1)C2. The molecule has 26 heavy (non-hydrogen) atoms. The largest absolute Gasteiger partial charge is 0.496 e. The van der Waals surface area contributed by atoms with Gasteiger partial charge in [-0.05, 0) is 75.5 Å². The topological polar surface area (TPSA) is 52.6 Å². The quantitative estimate of drug-likeness (QED) is 0.394. The van der Waals surface area contributed by atoms with E-state index < -0.39 is 0 Å². The fraction of sp³-hybridized carbons (Fsp3) is 0.619. The van der Waals surface area contributed by atoms with Crippen LogP contribution in [0.15, 0.2) is 18.2 Å². The number of methoxy groups -OCH3 is 1. The van der Waals surface area contributed by atoms with Crippen LogP contribution in [0, 0.1) is 17.3 Å². The molecule has 4 bridgehead atoms. The monoisotopic (exact) mass is 420 g/mol. The molecule has 4 nitrogen and oxygen atoms in total. The predicted octanol–water partition coefficient (Wildman–Crippen LogP) is 4.67. The van der Waals surface area contributed by atoms with Gasteiger partial charge in [-0.3, -0.25) is 9.59 Å². The van der Waals surface area contributed by atoms with Crippen LogP contribution in [0.5, 0.6) is 5.75 Å². The van der Waals surface area contributed by atoms with Crippen LogP contribution < -0.4 is 4.74 Å². The molecule has 0 aliphatic heterocycles. The van der Waals surface area contributed by atoms with Crippen molar-refractivity contribution >= 4 is 27.7 Å². The molecule has 1 aromatic carbocycles. The number of rotatable bonds is 5. The molecule has 0 radical (unpaired) electrons. The maximum atomic E-state index is 13.1. The first-order valence-corrected chi connectivity index (χ1v) is 10.2. The smallest absolute Gasteiger partial charge is 0.312 e. The van der Waals surface area contributed by atoms with Crippen molar-refractivity contribution in [3.8, 4) is 5.75 Å². The maximum absolute atomic E-state index is 13.1. The molecule has 0 saturated heterocycles. The van der Waals surface area contributed by atoms with E-state index in [9.17, 15) is 9.59 Å². The molecule has 2 unspecified atom stereocenters. The molecule has 0 amide bonds. The molecule has 0 spiro atoms. The first kappa shape index (κ1) is 18.0. The Balaban J connectivity index is 1.51. The summed E-state index contributed by atoms with van der Waals surface area (Å²) in [6.45, 7) is 1.68. The van der Waals surface area contributed by atoms with Gasteiger partial charge in [-0.15, -0.1) is 0 Å². The molecule has 140 valence electrons. The Labute approximate surface area is 162 Å². The van der Waals surface area contributed by atoms with Crippen LogP contribution in [0.4, 0.5) is 0 Å². The summed E-state index contributed by atoms with van der Waals surface area (Å²) in [6, 6.07) is 5.26. The van der Waals surface area contributed by atoms with Crippen molar-refractivity contribution in [2.45, 2.75) is 56.4 Å². The molecule has 4 fully saturated rings. The molecule has 0 N–H and O–H groups in total. The van der Waals surface area contributed by atoms with Crippen LogP contribution in [0.2, 0.25) is 0 Å². The standard InChI is InChI=1S/C21H25BrO4/c1-13(23)16-3-4-18(25-2)17(6-16)11-26-19(24)20-7-14-5-15(8-20)10-21(22,9-14)12-20/h3-4,6,14-15H,5,7-12H2,1-2H3. The number of Topliss-reactive ketones (excluding diaryl/α,β-unsaturated/α-hetero) is 1. The van der Waals surface area contributed by atoms with E-state index >= 15 is 0 Å². The van der Waals surface area contributed by atoms with Crippen molar-refractivity contribution in [1.29, 1.82) is 0 Å². The van der Waals surface area contributed by atoms with E-state index in [4.69, 9.17) is 9.47 Å². The number of ether oxygens (including phenoxy) is 2. The Bertz CT molecular complexity index is 742. The second kappa shape index (κ2) is 6.36. The van der Waals surface area contributed by atoms with Gasteiger partial charge in [0.25, 0.3) is 0 Å². The number of halogens is 1. The van der Waals surface area contributed by atoms with E-state index in [2.05, 4.69) is 15.9 Å². The number of hydrogen-bond donors (Lipinski definition) is 0. The summed E-state index contributed by atoms with van der Waals surface area (Å²) < 4.78 is 11.3. The number of esters is 1. The third-order valence-electron chi connectivity index (χ3n) is 6.47. The lowest BCUT2D eigenvalue weighted by atomic mass is 9.49. The maximum Gasteiger partial charge on any atom is 0.312 e. The van der Waals surface area contributed by atoms with E-state index in [1.165, 1.54) is 26.2 Å². The number of carbonyl (C=O) groups excluding carboxylic acids is 2. The van der Waals surface area contributed by atoms with Gasteiger partial charge < -0.3 is 9.47 Å². The highest BCUT2D eigenvalue weighted by molar-refractivity contribution is 9.10. The fourth-order valence-electron chi connectivity index (χ4n) is 5.80. The highest BCUT2D eigenvalue weighted by Gasteiger charge is 2.60. The van der Waals surface area contributed by atoms with E-state index in [0.717, 1.165) is 24.8 Å². The van der Waals surface area contributed by atoms with Crippen LogP contribution in [0.1, 0.15) is 61.4 Å². The molecule has 4 aliphatic carbocycles. The second-order valence-corrected chi connectivity index (χ2v) is 10.2. The van der Waals surface area contributed by atoms with Crippen LogP contribution in [-0.4, -0.2) is 23.2 Å². The Morgan fingerprint density at radius 2 is 1.88 bits per heavy atom. The Kier molecular flexibility index (Phi) is 4.41. The molecule has 2 atom stereocenters. The lowest BCUT2D eigenvalue weighted by molar-refractivity contribution is -0.170. The number of alkyl halides is 1. The molecule has 1 aromatic rings. The predicted molar refractivity (Wildman–Crippen MR) is 102 cm³/mol. The minimum absolute atomic E-state index is 0.0115. The summed E-state index contributed by atoms with van der Waals surface area (Å²) in [5.74, 6) is 1.83. The van der Waals surface area contributed by atoms with Gasteiger partial charge in [0.2, 0.25) is 0 Å². The molecular formula is C21H25BrO4. The molecule has 0 aromatic heterocycles. The van der Waals surface area contributed by atoms with Crippen molar-refractivity contribution in [2.75, 3.05) is 7.11 Å². The first-order chi connectivity index (χ1) is 12.3. The number of ketones is 1. The van der Waals surface area contributed by atoms with E-state index in [1.807, 2.05) is 0 Å². The normalized spacial score (nSPS) is 34.6. The van der Waals surface area contributed by atoms with Crippen molar-refractivity contribution in [3.63, 3.8) is 0 Å². The van der Waals surface area contributed by atoms with Crippen LogP contribution >= 0.6 is 15.9 Å². The Hall–Kier alpha value is -1.36. The number of benzene rings is 1. The summed E-state index contributed by atoms with van der Waals surface area (Å²) in [6.07, 6.45) is 6.44. The van der Waals surface area contributed by atoms with Crippen LogP contribution in [-0.2, 0) is 16.1 Å². The van der Waals surface area contributed by atoms with Gasteiger partial charge in [0.15, 0.2) is 5.78 Å². The highest BCUT2D eigenvalue weighted by Crippen LogP contribution is 2.64. The van der Waals surface area contributed by atoms with Gasteiger partial charge in [0, 0.05) is 15.5 Å². The zero-order chi connectivity index (χ0) is 18.5. The van der Waals surface area contributed by atoms with E-state index in [1.54, 1.807) is 25.3 Å². The zero-order valence-corrected chi connectivity index (χ0v) is 16.9. The van der Waals surface area contributed by atoms with Gasteiger partial charge in [-0.25, -0.2) is 0 Å². The fourth-order valence-corrected chi connectivity index (χ4v) is 7.25. The van der Waals surface area contributed by atoms with Gasteiger partial charge >= 0.3 is 5.97 Å². The average Bonchev–Trinajstić information content (AvgIpc) is 2.57. The van der Waals surface area contributed by atoms with E-state index in [0.29, 0.717) is 23.1 Å². The number of hydrogen-bond acceptors (Lipinski definition) is 4. The summed E-state index contributed by atoms with van der Waals surface area (Å²) in [5.41, 5.74) is 1.01. The third kappa shape index (κ3) is 3.08. The van der Waals surface area contributed by atoms with Crippen molar-refractivity contribution in [1.82, 2.24) is 0 Å². The lowest BCUT2D eigenvalue weighted by Gasteiger charge is -2.58. The Morgan fingerprint density at radius 3 is 2.46 bits per heavy atom. The Morgan fingerprint density at radius 1 is 1.19 bits per heavy atom. The second-order valence-electron chi connectivity index (χ2n) is 8.55. The third-order valence-corrected chi connectivity index (χ3v) is 7.40. The summed E-state index contributed by atoms with van der Waals surface area (Å²) in [4.78, 5) is 24.7. The molecule has 4 aliphatic rings. The lowest BCUT2D eigenvalue weighted by Crippen LogP contribution is -2.56. The van der Waals surface area contributed by atoms with Crippen LogP contribution in [0.3, 0.4) is 0 Å². The van der Waals surface area contributed by atoms with Crippen molar-refractivity contribution in [3.05, 3.63) is 29.3 Å². The minimum atomic E-state index is -0.334. The van der Waals surface area contributed by atoms with Gasteiger partial charge in [0.05, 0.1) is 12.5 Å². The summed E-state index contributed by atoms with van der Waals surface area (Å²) >= 11 is 3.94. The zero-order valence-electron chi connectivity index (χ0n) is 15.3. The summed E-state index contributed by atoms with van der Waals surface area (Å²) in [5, 5.41) is 0. The van der Waals surface area contributed by atoms with Gasteiger partial charge in [-0.2, -0.15) is 0 Å². The van der Waals surface area contributed by atoms with E-state index in [-0.39, 0.29) is 28.1 Å². The van der Waals surface area contributed by atoms with Gasteiger partial charge in [-0.1, -0.05) is 15.9 Å². The number of carbonyl (C=O) groups is 2. The van der Waals surface area contributed by atoms with Gasteiger partial charge in [0.1, 0.15) is 12.4 Å². The minimum Gasteiger partial charge on any atom is -0.496 e. The summed E-state index contributed by atoms with van der Waals surface area (Å²) in [7, 11) is 1.59. The average molecular weight is 421 g/mol. The first-order valence-electron chi connectivity index (χ1n) is 9.36. The molecule has 4 saturated carbocycles. The molecule has 5 rings (SSSR count). The van der Waals surface area contributed by atoms with Crippen LogP contribution in [0.25, 0.3) is 0 Å². The molecule has 5 heteroatoms. The van der Waals surface area contributed by atoms with Crippen molar-refractivity contribution in [2.24, 2.45) is 17.3 Å². The highest BCUT2D eigenvalue weighted by atomic mass is 79.9. The molecular weight excluding hydrogens is 396 g/mol. The van der Waals surface area contributed by atoms with Crippen molar-refractivity contribution < 1.29 is 19.1 Å². The molecule has 0 heterocycles.